The Balaban J connectivity index is 1.78. The number of carbonyl (C=O) groups is 2. The maximum absolute atomic E-state index is 12.7. The second-order valence-electron chi connectivity index (χ2n) is 7.28. The van der Waals surface area contributed by atoms with Gasteiger partial charge < -0.3 is 9.32 Å². The predicted octanol–water partition coefficient (Wildman–Crippen LogP) is 4.68. The molecule has 0 bridgehead atoms. The molecule has 6 nitrogen and oxygen atoms in total. The van der Waals surface area contributed by atoms with Crippen LogP contribution in [0, 0.1) is 0 Å². The Kier molecular flexibility index (Phi) is 7.64. The summed E-state index contributed by atoms with van der Waals surface area (Å²) < 4.78 is 5.82. The largest absolute Gasteiger partial charge is 0.457 e. The van der Waals surface area contributed by atoms with E-state index in [0.717, 1.165) is 18.7 Å². The number of hydrogen-bond donors (Lipinski definition) is 0. The van der Waals surface area contributed by atoms with Gasteiger partial charge in [-0.25, -0.2) is 0 Å². The molecule has 1 fully saturated rings. The van der Waals surface area contributed by atoms with Crippen LogP contribution in [0.4, 0.5) is 5.69 Å². The Labute approximate surface area is 194 Å². The van der Waals surface area contributed by atoms with Crippen molar-refractivity contribution in [3.8, 4) is 0 Å². The molecule has 7 heteroatoms. The summed E-state index contributed by atoms with van der Waals surface area (Å²) in [5, 5.41) is 0.247. The SMILES string of the molecule is CCN1C(=O)C(=Cc2ccc(/C=C/c3ccc(N(CC)CC)cc3)o2)C(=O)N(CC)C1=S. The maximum Gasteiger partial charge on any atom is 0.265 e. The first-order chi connectivity index (χ1) is 15.4. The van der Waals surface area contributed by atoms with Gasteiger partial charge in [-0.1, -0.05) is 18.2 Å². The summed E-state index contributed by atoms with van der Waals surface area (Å²) in [6, 6.07) is 11.9. The molecule has 168 valence electrons. The topological polar surface area (TPSA) is 57.0 Å². The van der Waals surface area contributed by atoms with Crippen molar-refractivity contribution in [2.75, 3.05) is 31.1 Å². The highest BCUT2D eigenvalue weighted by Gasteiger charge is 2.38. The van der Waals surface area contributed by atoms with E-state index in [1.807, 2.05) is 32.1 Å². The van der Waals surface area contributed by atoms with Crippen LogP contribution in [0.2, 0.25) is 0 Å². The second kappa shape index (κ2) is 10.4. The molecule has 2 aromatic rings. The molecule has 0 atom stereocenters. The van der Waals surface area contributed by atoms with Crippen molar-refractivity contribution in [2.24, 2.45) is 0 Å². The average Bonchev–Trinajstić information content (AvgIpc) is 3.25. The highest BCUT2D eigenvalue weighted by molar-refractivity contribution is 7.80. The Bertz CT molecular complexity index is 1020. The van der Waals surface area contributed by atoms with Crippen LogP contribution in [-0.2, 0) is 9.59 Å². The summed E-state index contributed by atoms with van der Waals surface area (Å²) in [4.78, 5) is 30.6. The molecule has 3 rings (SSSR count). The maximum atomic E-state index is 12.7. The third kappa shape index (κ3) is 4.83. The summed E-state index contributed by atoms with van der Waals surface area (Å²) in [6.07, 6.45) is 5.33. The first-order valence-electron chi connectivity index (χ1n) is 11.0. The number of carbonyl (C=O) groups excluding carboxylic acids is 2. The standard InChI is InChI=1S/C25H29N3O3S/c1-5-26(6-2)19-12-9-18(10-13-19)11-14-20-15-16-21(31-20)17-22-23(29)27(7-3)25(32)28(8-4)24(22)30/h9-17H,5-8H2,1-4H3/b14-11+. The molecular formula is C25H29N3O3S. The summed E-state index contributed by atoms with van der Waals surface area (Å²) in [5.41, 5.74) is 2.31. The molecule has 0 saturated carbocycles. The van der Waals surface area contributed by atoms with Gasteiger partial charge in [-0.15, -0.1) is 0 Å². The van der Waals surface area contributed by atoms with Crippen molar-refractivity contribution in [1.29, 1.82) is 0 Å². The molecule has 1 aromatic carbocycles. The fourth-order valence-electron chi connectivity index (χ4n) is 3.62. The lowest BCUT2D eigenvalue weighted by molar-refractivity contribution is -0.133. The smallest absolute Gasteiger partial charge is 0.265 e. The van der Waals surface area contributed by atoms with Gasteiger partial charge in [-0.05, 0) is 81.9 Å². The number of amides is 2. The molecule has 1 aliphatic rings. The van der Waals surface area contributed by atoms with Crippen molar-refractivity contribution in [3.05, 3.63) is 59.1 Å². The number of nitrogens with zero attached hydrogens (tertiary/aromatic N) is 3. The van der Waals surface area contributed by atoms with E-state index in [1.54, 1.807) is 6.07 Å². The minimum Gasteiger partial charge on any atom is -0.457 e. The molecule has 2 amide bonds. The van der Waals surface area contributed by atoms with E-state index in [9.17, 15) is 9.59 Å². The lowest BCUT2D eigenvalue weighted by Crippen LogP contribution is -2.55. The number of furan rings is 1. The van der Waals surface area contributed by atoms with E-state index in [1.165, 1.54) is 21.6 Å². The minimum atomic E-state index is -0.394. The summed E-state index contributed by atoms with van der Waals surface area (Å²) in [6.45, 7) is 10.7. The zero-order valence-corrected chi connectivity index (χ0v) is 19.8. The van der Waals surface area contributed by atoms with E-state index in [2.05, 4.69) is 43.0 Å². The van der Waals surface area contributed by atoms with Crippen molar-refractivity contribution in [1.82, 2.24) is 9.80 Å². The number of thiocarbonyl (C=S) groups is 1. The highest BCUT2D eigenvalue weighted by atomic mass is 32.1. The zero-order valence-electron chi connectivity index (χ0n) is 19.0. The second-order valence-corrected chi connectivity index (χ2v) is 7.64. The Morgan fingerprint density at radius 1 is 0.844 bits per heavy atom. The van der Waals surface area contributed by atoms with Crippen molar-refractivity contribution in [3.63, 3.8) is 0 Å². The Morgan fingerprint density at radius 2 is 1.41 bits per heavy atom. The molecule has 0 aliphatic carbocycles. The highest BCUT2D eigenvalue weighted by Crippen LogP contribution is 2.22. The third-order valence-corrected chi connectivity index (χ3v) is 5.88. The lowest BCUT2D eigenvalue weighted by atomic mass is 10.1. The fourth-order valence-corrected chi connectivity index (χ4v) is 4.05. The third-order valence-electron chi connectivity index (χ3n) is 5.44. The summed E-state index contributed by atoms with van der Waals surface area (Å²) in [5.74, 6) is 0.289. The molecule has 1 saturated heterocycles. The molecule has 0 N–H and O–H groups in total. The number of rotatable bonds is 8. The van der Waals surface area contributed by atoms with Gasteiger partial charge in [0.25, 0.3) is 11.8 Å². The normalized spacial score (nSPS) is 14.6. The van der Waals surface area contributed by atoms with Crippen molar-refractivity contribution >= 4 is 53.1 Å². The van der Waals surface area contributed by atoms with Gasteiger partial charge in [-0.2, -0.15) is 0 Å². The van der Waals surface area contributed by atoms with E-state index in [-0.39, 0.29) is 10.7 Å². The van der Waals surface area contributed by atoms with E-state index >= 15 is 0 Å². The molecule has 32 heavy (non-hydrogen) atoms. The number of benzene rings is 1. The van der Waals surface area contributed by atoms with Gasteiger partial charge in [0.2, 0.25) is 0 Å². The molecule has 2 heterocycles. The fraction of sp³-hybridized carbons (Fsp3) is 0.320. The number of hydrogen-bond acceptors (Lipinski definition) is 5. The quantitative estimate of drug-likeness (QED) is 0.332. The van der Waals surface area contributed by atoms with Crippen molar-refractivity contribution < 1.29 is 14.0 Å². The summed E-state index contributed by atoms with van der Waals surface area (Å²) in [7, 11) is 0. The first kappa shape index (κ1) is 23.5. The first-order valence-corrected chi connectivity index (χ1v) is 11.4. The molecule has 0 spiro atoms. The van der Waals surface area contributed by atoms with Crippen LogP contribution < -0.4 is 4.90 Å². The van der Waals surface area contributed by atoms with Crippen LogP contribution in [0.3, 0.4) is 0 Å². The average molecular weight is 452 g/mol. The van der Waals surface area contributed by atoms with Gasteiger partial charge in [0.05, 0.1) is 0 Å². The van der Waals surface area contributed by atoms with Gasteiger partial charge in [-0.3, -0.25) is 19.4 Å². The molecule has 0 radical (unpaired) electrons. The predicted molar refractivity (Wildman–Crippen MR) is 133 cm³/mol. The number of likely N-dealkylation sites (N-methyl/N-ethyl adjacent to an activating group) is 2. The number of anilines is 1. The van der Waals surface area contributed by atoms with Crippen LogP contribution in [0.1, 0.15) is 44.8 Å². The van der Waals surface area contributed by atoms with Gasteiger partial charge in [0, 0.05) is 31.9 Å². The summed E-state index contributed by atoms with van der Waals surface area (Å²) >= 11 is 5.29. The van der Waals surface area contributed by atoms with Gasteiger partial charge in [0.1, 0.15) is 17.1 Å². The monoisotopic (exact) mass is 451 g/mol. The zero-order chi connectivity index (χ0) is 23.3. The lowest BCUT2D eigenvalue weighted by Gasteiger charge is -2.35. The Hall–Kier alpha value is -3.19. The van der Waals surface area contributed by atoms with E-state index in [0.29, 0.717) is 24.6 Å². The van der Waals surface area contributed by atoms with Gasteiger partial charge in [0.15, 0.2) is 5.11 Å². The van der Waals surface area contributed by atoms with Crippen LogP contribution in [0.5, 0.6) is 0 Å². The molecule has 0 unspecified atom stereocenters. The molecule has 1 aliphatic heterocycles. The minimum absolute atomic E-state index is 0.0548. The molecule has 1 aromatic heterocycles. The van der Waals surface area contributed by atoms with Crippen LogP contribution in [0.15, 0.2) is 46.4 Å². The van der Waals surface area contributed by atoms with Crippen LogP contribution >= 0.6 is 12.2 Å². The van der Waals surface area contributed by atoms with E-state index < -0.39 is 11.8 Å². The van der Waals surface area contributed by atoms with Crippen LogP contribution in [-0.4, -0.2) is 52.9 Å². The van der Waals surface area contributed by atoms with Crippen molar-refractivity contribution in [2.45, 2.75) is 27.7 Å². The van der Waals surface area contributed by atoms with Gasteiger partial charge >= 0.3 is 0 Å². The Morgan fingerprint density at radius 3 is 1.94 bits per heavy atom. The van der Waals surface area contributed by atoms with Crippen LogP contribution in [0.25, 0.3) is 18.2 Å². The van der Waals surface area contributed by atoms with E-state index in [4.69, 9.17) is 16.6 Å². The molecular weight excluding hydrogens is 422 g/mol.